The standard InChI is InChI=1S/C14H19N3O4S/c15-14(18)13(16-6-3-7-22(19,20)21)8-10-9-17-12-5-2-1-4-11(10)12/h1-2,4-5,9,13,16-17H,3,6-8H2,(H2,15,18)(H,19,20,21)/t13-/m0/s1. The van der Waals surface area contributed by atoms with Gasteiger partial charge in [-0.25, -0.2) is 0 Å². The number of amides is 1. The van der Waals surface area contributed by atoms with E-state index in [0.29, 0.717) is 6.42 Å². The Morgan fingerprint density at radius 1 is 1.36 bits per heavy atom. The van der Waals surface area contributed by atoms with Gasteiger partial charge in [0.15, 0.2) is 0 Å². The Morgan fingerprint density at radius 3 is 2.77 bits per heavy atom. The van der Waals surface area contributed by atoms with E-state index in [1.54, 1.807) is 0 Å². The lowest BCUT2D eigenvalue weighted by molar-refractivity contribution is -0.120. The molecule has 1 aromatic heterocycles. The smallest absolute Gasteiger partial charge is 0.264 e. The number of H-pyrrole nitrogens is 1. The Kier molecular flexibility index (Phi) is 5.17. The molecule has 2 aromatic rings. The van der Waals surface area contributed by atoms with E-state index in [1.165, 1.54) is 0 Å². The van der Waals surface area contributed by atoms with Crippen LogP contribution >= 0.6 is 0 Å². The molecule has 0 saturated heterocycles. The van der Waals surface area contributed by atoms with Crippen LogP contribution in [0.1, 0.15) is 12.0 Å². The van der Waals surface area contributed by atoms with Crippen LogP contribution in [0.4, 0.5) is 0 Å². The first kappa shape index (κ1) is 16.5. The average molecular weight is 325 g/mol. The fraction of sp³-hybridized carbons (Fsp3) is 0.357. The number of hydrogen-bond donors (Lipinski definition) is 4. The molecule has 1 heterocycles. The number of para-hydroxylation sites is 1. The summed E-state index contributed by atoms with van der Waals surface area (Å²) in [6.07, 6.45) is 2.45. The molecule has 8 heteroatoms. The molecule has 0 aliphatic heterocycles. The zero-order valence-corrected chi connectivity index (χ0v) is 12.8. The fourth-order valence-corrected chi connectivity index (χ4v) is 2.83. The average Bonchev–Trinajstić information content (AvgIpc) is 2.84. The van der Waals surface area contributed by atoms with Gasteiger partial charge in [0.2, 0.25) is 5.91 Å². The molecule has 0 radical (unpaired) electrons. The molecule has 1 aromatic carbocycles. The van der Waals surface area contributed by atoms with Crippen molar-refractivity contribution in [3.8, 4) is 0 Å². The number of hydrogen-bond acceptors (Lipinski definition) is 4. The van der Waals surface area contributed by atoms with Crippen molar-refractivity contribution in [2.75, 3.05) is 12.3 Å². The number of primary amides is 1. The molecule has 7 nitrogen and oxygen atoms in total. The highest BCUT2D eigenvalue weighted by Gasteiger charge is 2.17. The minimum Gasteiger partial charge on any atom is -0.368 e. The molecule has 0 spiro atoms. The van der Waals surface area contributed by atoms with Crippen molar-refractivity contribution in [3.63, 3.8) is 0 Å². The molecule has 0 unspecified atom stereocenters. The van der Waals surface area contributed by atoms with Crippen LogP contribution in [0.25, 0.3) is 10.9 Å². The van der Waals surface area contributed by atoms with Crippen molar-refractivity contribution in [1.29, 1.82) is 0 Å². The third kappa shape index (κ3) is 4.55. The minimum atomic E-state index is -3.98. The van der Waals surface area contributed by atoms with Gasteiger partial charge in [0.25, 0.3) is 10.1 Å². The van der Waals surface area contributed by atoms with Gasteiger partial charge in [-0.3, -0.25) is 9.35 Å². The molecule has 0 fully saturated rings. The quantitative estimate of drug-likeness (QED) is 0.414. The van der Waals surface area contributed by atoms with Gasteiger partial charge in [0.05, 0.1) is 11.8 Å². The van der Waals surface area contributed by atoms with Crippen molar-refractivity contribution >= 4 is 26.9 Å². The van der Waals surface area contributed by atoms with Crippen molar-refractivity contribution in [2.45, 2.75) is 18.9 Å². The summed E-state index contributed by atoms with van der Waals surface area (Å²) in [7, 11) is -3.98. The second-order valence-electron chi connectivity index (χ2n) is 5.11. The third-order valence-electron chi connectivity index (χ3n) is 3.41. The summed E-state index contributed by atoms with van der Waals surface area (Å²) in [6, 6.07) is 7.13. The van der Waals surface area contributed by atoms with Crippen LogP contribution < -0.4 is 11.1 Å². The molecule has 5 N–H and O–H groups in total. The van der Waals surface area contributed by atoms with E-state index in [2.05, 4.69) is 10.3 Å². The maximum Gasteiger partial charge on any atom is 0.264 e. The minimum absolute atomic E-state index is 0.205. The predicted molar refractivity (Wildman–Crippen MR) is 84.0 cm³/mol. The lowest BCUT2D eigenvalue weighted by Gasteiger charge is -2.14. The number of nitrogens with one attached hydrogen (secondary N) is 2. The number of carbonyl (C=O) groups is 1. The lowest BCUT2D eigenvalue weighted by atomic mass is 10.0. The molecule has 1 amide bonds. The normalized spacial score (nSPS) is 13.3. The van der Waals surface area contributed by atoms with Crippen molar-refractivity contribution in [1.82, 2.24) is 10.3 Å². The van der Waals surface area contributed by atoms with E-state index in [1.807, 2.05) is 30.5 Å². The Labute approximate surface area is 128 Å². The monoisotopic (exact) mass is 325 g/mol. The maximum absolute atomic E-state index is 11.5. The SMILES string of the molecule is NC(=O)[C@H](Cc1c[nH]c2ccccc12)NCCCS(=O)(=O)O. The highest BCUT2D eigenvalue weighted by atomic mass is 32.2. The maximum atomic E-state index is 11.5. The fourth-order valence-electron chi connectivity index (χ4n) is 2.32. The summed E-state index contributed by atoms with van der Waals surface area (Å²) < 4.78 is 30.0. The topological polar surface area (TPSA) is 125 Å². The highest BCUT2D eigenvalue weighted by molar-refractivity contribution is 7.85. The molecular weight excluding hydrogens is 306 g/mol. The van der Waals surface area contributed by atoms with Gasteiger partial charge in [-0.05, 0) is 31.0 Å². The Morgan fingerprint density at radius 2 is 2.09 bits per heavy atom. The van der Waals surface area contributed by atoms with Crippen molar-refractivity contribution in [3.05, 3.63) is 36.0 Å². The summed E-state index contributed by atoms with van der Waals surface area (Å²) in [5.74, 6) is -0.851. The van der Waals surface area contributed by atoms with Gasteiger partial charge < -0.3 is 16.0 Å². The van der Waals surface area contributed by atoms with Crippen molar-refractivity contribution in [2.24, 2.45) is 5.73 Å². The summed E-state index contributed by atoms with van der Waals surface area (Å²) in [5, 5.41) is 3.95. The van der Waals surface area contributed by atoms with E-state index in [-0.39, 0.29) is 18.7 Å². The summed E-state index contributed by atoms with van der Waals surface area (Å²) in [5.41, 5.74) is 7.32. The first-order chi connectivity index (χ1) is 10.4. The number of fused-ring (bicyclic) bond motifs is 1. The molecule has 0 aliphatic carbocycles. The summed E-state index contributed by atoms with van der Waals surface area (Å²) in [4.78, 5) is 14.7. The van der Waals surface area contributed by atoms with Crippen LogP contribution in [0, 0.1) is 0 Å². The second-order valence-corrected chi connectivity index (χ2v) is 6.68. The van der Waals surface area contributed by atoms with Gasteiger partial charge >= 0.3 is 0 Å². The predicted octanol–water partition coefficient (Wildman–Crippen LogP) is 0.432. The number of rotatable bonds is 8. The van der Waals surface area contributed by atoms with Crippen LogP contribution in [-0.2, 0) is 21.3 Å². The molecule has 0 bridgehead atoms. The Bertz CT molecular complexity index is 754. The number of aromatic amines is 1. The molecular formula is C14H19N3O4S. The van der Waals surface area contributed by atoms with Crippen LogP contribution in [0.5, 0.6) is 0 Å². The second kappa shape index (κ2) is 6.91. The largest absolute Gasteiger partial charge is 0.368 e. The number of benzene rings is 1. The van der Waals surface area contributed by atoms with Gasteiger partial charge in [0, 0.05) is 17.1 Å². The van der Waals surface area contributed by atoms with Gasteiger partial charge in [-0.15, -0.1) is 0 Å². The first-order valence-electron chi connectivity index (χ1n) is 6.89. The third-order valence-corrected chi connectivity index (χ3v) is 4.22. The molecule has 0 aliphatic rings. The Balaban J connectivity index is 1.98. The molecule has 0 saturated carbocycles. The number of nitrogens with two attached hydrogens (primary N) is 1. The molecule has 2 rings (SSSR count). The molecule has 1 atom stereocenters. The first-order valence-corrected chi connectivity index (χ1v) is 8.50. The van der Waals surface area contributed by atoms with Gasteiger partial charge in [0.1, 0.15) is 0 Å². The van der Waals surface area contributed by atoms with Gasteiger partial charge in [-0.1, -0.05) is 18.2 Å². The summed E-state index contributed by atoms with van der Waals surface area (Å²) in [6.45, 7) is 0.274. The van der Waals surface area contributed by atoms with Crippen LogP contribution in [-0.4, -0.2) is 42.2 Å². The zero-order valence-electron chi connectivity index (χ0n) is 12.0. The van der Waals surface area contributed by atoms with E-state index >= 15 is 0 Å². The van der Waals surface area contributed by atoms with Crippen LogP contribution in [0.2, 0.25) is 0 Å². The van der Waals surface area contributed by atoms with E-state index in [4.69, 9.17) is 10.3 Å². The van der Waals surface area contributed by atoms with Crippen LogP contribution in [0.15, 0.2) is 30.5 Å². The van der Waals surface area contributed by atoms with E-state index < -0.39 is 22.1 Å². The lowest BCUT2D eigenvalue weighted by Crippen LogP contribution is -2.43. The van der Waals surface area contributed by atoms with Crippen molar-refractivity contribution < 1.29 is 17.8 Å². The number of aromatic nitrogens is 1. The highest BCUT2D eigenvalue weighted by Crippen LogP contribution is 2.19. The van der Waals surface area contributed by atoms with Gasteiger partial charge in [-0.2, -0.15) is 8.42 Å². The zero-order chi connectivity index (χ0) is 16.2. The van der Waals surface area contributed by atoms with E-state index in [9.17, 15) is 13.2 Å². The molecule has 22 heavy (non-hydrogen) atoms. The number of carbonyl (C=O) groups excluding carboxylic acids is 1. The Hall–Kier alpha value is -1.90. The van der Waals surface area contributed by atoms with Crippen LogP contribution in [0.3, 0.4) is 0 Å². The summed E-state index contributed by atoms with van der Waals surface area (Å²) >= 11 is 0. The van der Waals surface area contributed by atoms with E-state index in [0.717, 1.165) is 16.5 Å². The molecule has 120 valence electrons.